The topological polar surface area (TPSA) is 213 Å². The molecule has 18 heteroatoms. The SMILES string of the molecule is CC(C)(O/N=C(\C(=O)C[C@@H]1C(=O)N2C(C(=O)O)=C(C=Cc3ccc(C[N+]4(C)Cc5c(Cl)c(O)c(O)c(Cl)c5C4)cc3)CS[C@H]12)c1csc(N)n1)C(=O)O. The van der Waals surface area contributed by atoms with Crippen LogP contribution in [0.2, 0.25) is 10.0 Å². The third kappa shape index (κ3) is 7.33. The maximum atomic E-state index is 13.5. The van der Waals surface area contributed by atoms with E-state index in [4.69, 9.17) is 33.8 Å². The predicted octanol–water partition coefficient (Wildman–Crippen LogP) is 5.23. The second-order valence-corrected chi connectivity index (χ2v) is 16.4. The molecule has 0 radical (unpaired) electrons. The van der Waals surface area contributed by atoms with Gasteiger partial charge in [-0.2, -0.15) is 0 Å². The standard InChI is InChI=1S/C35H33Cl2N5O9S2/c1-35(2,33(49)50)51-40-26(22-15-53-34(38)39-22)23(43)10-19-30(46)41-27(32(47)48)18(14-52-31(19)41)9-8-16-4-6-17(7-5-16)11-42(3)12-20-21(13-42)25(37)29(45)28(44)24(20)36/h4-9,15,19,31H,10-14H2,1-3H3,(H5-,38,39,40,43,44,45,47,48,49,50)/p+1/t19-,31-/m1/s1. The van der Waals surface area contributed by atoms with E-state index in [0.29, 0.717) is 40.8 Å². The van der Waals surface area contributed by atoms with Crippen LogP contribution >= 0.6 is 46.3 Å². The number of hydrogen-bond acceptors (Lipinski definition) is 12. The fraction of sp³-hybridized carbons (Fsp3) is 0.314. The number of allylic oxidation sites excluding steroid dienone is 1. The number of carbonyl (C=O) groups excluding carboxylic acids is 2. The highest BCUT2D eigenvalue weighted by Crippen LogP contribution is 2.49. The Bertz CT molecular complexity index is 2110. The molecule has 3 aliphatic rings. The third-order valence-electron chi connectivity index (χ3n) is 9.26. The average Bonchev–Trinajstić information content (AvgIpc) is 3.70. The summed E-state index contributed by atoms with van der Waals surface area (Å²) in [6.45, 7) is 4.14. The van der Waals surface area contributed by atoms with Gasteiger partial charge in [-0.1, -0.05) is 64.8 Å². The number of β-lactam (4-membered cyclic amide) rings is 1. The van der Waals surface area contributed by atoms with Gasteiger partial charge in [-0.3, -0.25) is 14.5 Å². The van der Waals surface area contributed by atoms with E-state index in [-0.39, 0.29) is 44.5 Å². The van der Waals surface area contributed by atoms with Crippen molar-refractivity contribution in [3.63, 3.8) is 0 Å². The van der Waals surface area contributed by atoms with Gasteiger partial charge in [-0.15, -0.1) is 23.1 Å². The first-order chi connectivity index (χ1) is 24.9. The zero-order valence-corrected chi connectivity index (χ0v) is 31.6. The molecule has 278 valence electrons. The van der Waals surface area contributed by atoms with Crippen molar-refractivity contribution >= 4 is 86.8 Å². The molecule has 1 amide bonds. The Morgan fingerprint density at radius 1 is 1.09 bits per heavy atom. The summed E-state index contributed by atoms with van der Waals surface area (Å²) in [5, 5.41) is 44.8. The van der Waals surface area contributed by atoms with Gasteiger partial charge in [0.2, 0.25) is 11.5 Å². The number of aromatic hydroxyl groups is 2. The highest BCUT2D eigenvalue weighted by Gasteiger charge is 2.54. The van der Waals surface area contributed by atoms with E-state index in [0.717, 1.165) is 22.5 Å². The molecule has 3 aliphatic heterocycles. The molecular weight excluding hydrogens is 769 g/mol. The molecular formula is C35H34Cl2N5O9S2+. The van der Waals surface area contributed by atoms with Crippen molar-refractivity contribution in [2.75, 3.05) is 18.5 Å². The van der Waals surface area contributed by atoms with Crippen LogP contribution in [0.5, 0.6) is 11.5 Å². The number of thiazole rings is 1. The Hall–Kier alpha value is -4.61. The molecule has 53 heavy (non-hydrogen) atoms. The third-order valence-corrected chi connectivity index (χ3v) is 12.1. The normalized spacial score (nSPS) is 19.6. The second-order valence-electron chi connectivity index (χ2n) is 13.7. The number of anilines is 1. The first-order valence-corrected chi connectivity index (χ1v) is 18.8. The van der Waals surface area contributed by atoms with E-state index in [1.165, 1.54) is 35.9 Å². The van der Waals surface area contributed by atoms with Crippen LogP contribution in [0.4, 0.5) is 5.13 Å². The number of Topliss-reactive ketones (excluding diaryl/α,β-unsaturated/α-hetero) is 1. The monoisotopic (exact) mass is 802 g/mol. The summed E-state index contributed by atoms with van der Waals surface area (Å²) in [5.74, 6) is -5.21. The molecule has 2 aromatic carbocycles. The second kappa shape index (κ2) is 14.3. The fourth-order valence-electron chi connectivity index (χ4n) is 6.43. The number of quaternary nitrogens is 1. The molecule has 0 unspecified atom stereocenters. The number of carboxylic acids is 2. The van der Waals surface area contributed by atoms with Crippen molar-refractivity contribution < 1.29 is 48.9 Å². The molecule has 3 aromatic rings. The lowest BCUT2D eigenvalue weighted by atomic mass is 9.89. The number of oxime groups is 1. The minimum absolute atomic E-state index is 0.0692. The number of nitrogen functional groups attached to an aromatic ring is 1. The van der Waals surface area contributed by atoms with Crippen LogP contribution in [0.1, 0.15) is 48.2 Å². The number of nitrogens with two attached hydrogens (primary N) is 1. The molecule has 0 bridgehead atoms. The van der Waals surface area contributed by atoms with Crippen molar-refractivity contribution in [2.45, 2.75) is 50.9 Å². The summed E-state index contributed by atoms with van der Waals surface area (Å²) in [6.07, 6.45) is 3.10. The highest BCUT2D eigenvalue weighted by molar-refractivity contribution is 8.00. The lowest BCUT2D eigenvalue weighted by molar-refractivity contribution is -0.941. The van der Waals surface area contributed by atoms with Crippen LogP contribution in [0.15, 0.2) is 52.1 Å². The van der Waals surface area contributed by atoms with Gasteiger partial charge >= 0.3 is 11.9 Å². The average molecular weight is 804 g/mol. The predicted molar refractivity (Wildman–Crippen MR) is 199 cm³/mol. The van der Waals surface area contributed by atoms with E-state index >= 15 is 0 Å². The van der Waals surface area contributed by atoms with E-state index in [1.54, 1.807) is 12.2 Å². The van der Waals surface area contributed by atoms with E-state index in [1.807, 2.05) is 31.3 Å². The number of rotatable bonds is 12. The Balaban J connectivity index is 1.14. The highest BCUT2D eigenvalue weighted by atomic mass is 35.5. The van der Waals surface area contributed by atoms with Crippen molar-refractivity contribution in [2.24, 2.45) is 11.1 Å². The lowest BCUT2D eigenvalue weighted by Crippen LogP contribution is -2.62. The number of ketones is 1. The molecule has 6 rings (SSSR count). The lowest BCUT2D eigenvalue weighted by Gasteiger charge is -2.49. The number of aromatic nitrogens is 1. The zero-order valence-electron chi connectivity index (χ0n) is 28.5. The van der Waals surface area contributed by atoms with Gasteiger partial charge < -0.3 is 35.5 Å². The van der Waals surface area contributed by atoms with Gasteiger partial charge in [-0.05, 0) is 25.0 Å². The van der Waals surface area contributed by atoms with Gasteiger partial charge in [-0.25, -0.2) is 14.6 Å². The maximum absolute atomic E-state index is 13.5. The molecule has 1 fully saturated rings. The summed E-state index contributed by atoms with van der Waals surface area (Å²) in [4.78, 5) is 61.3. The number of carboxylic acid groups (broad SMARTS) is 2. The Morgan fingerprint density at radius 3 is 2.26 bits per heavy atom. The number of aliphatic carboxylic acids is 2. The zero-order chi connectivity index (χ0) is 38.6. The van der Waals surface area contributed by atoms with Crippen molar-refractivity contribution in [1.82, 2.24) is 9.88 Å². The minimum atomic E-state index is -1.76. The minimum Gasteiger partial charge on any atom is -0.503 e. The van der Waals surface area contributed by atoms with Crippen LogP contribution in [0, 0.1) is 5.92 Å². The Labute approximate surface area is 321 Å². The molecule has 2 atom stereocenters. The van der Waals surface area contributed by atoms with E-state index < -0.39 is 52.0 Å². The first-order valence-electron chi connectivity index (χ1n) is 16.1. The molecule has 1 aromatic heterocycles. The van der Waals surface area contributed by atoms with Gasteiger partial charge in [0, 0.05) is 34.2 Å². The maximum Gasteiger partial charge on any atom is 0.352 e. The van der Waals surface area contributed by atoms with Crippen LogP contribution in [0.25, 0.3) is 6.08 Å². The van der Waals surface area contributed by atoms with Gasteiger partial charge in [0.25, 0.3) is 0 Å². The summed E-state index contributed by atoms with van der Waals surface area (Å²) in [7, 11) is 2.03. The number of amides is 1. The molecule has 1 saturated heterocycles. The molecule has 0 spiro atoms. The largest absolute Gasteiger partial charge is 0.503 e. The number of fused-ring (bicyclic) bond motifs is 2. The smallest absolute Gasteiger partial charge is 0.352 e. The summed E-state index contributed by atoms with van der Waals surface area (Å²) in [5.41, 5.74) is 7.24. The number of phenols is 2. The molecule has 0 saturated carbocycles. The number of nitrogens with zero attached hydrogens (tertiary/aromatic N) is 4. The number of halogens is 2. The first kappa shape index (κ1) is 38.1. The van der Waals surface area contributed by atoms with Crippen LogP contribution in [0.3, 0.4) is 0 Å². The van der Waals surface area contributed by atoms with E-state index in [2.05, 4.69) is 10.1 Å². The van der Waals surface area contributed by atoms with Crippen LogP contribution in [-0.2, 0) is 43.7 Å². The Morgan fingerprint density at radius 2 is 1.72 bits per heavy atom. The molecule has 6 N–H and O–H groups in total. The van der Waals surface area contributed by atoms with Gasteiger partial charge in [0.15, 0.2) is 28.1 Å². The van der Waals surface area contributed by atoms with Gasteiger partial charge in [0.1, 0.15) is 31.0 Å². The molecule has 0 aliphatic carbocycles. The quantitative estimate of drug-likeness (QED) is 0.0524. The number of carbonyl (C=O) groups is 4. The van der Waals surface area contributed by atoms with Crippen molar-refractivity contribution in [3.8, 4) is 11.5 Å². The van der Waals surface area contributed by atoms with Crippen LogP contribution < -0.4 is 5.73 Å². The van der Waals surface area contributed by atoms with Gasteiger partial charge in [0.05, 0.1) is 28.4 Å². The Kier molecular flexibility index (Phi) is 10.3. The number of thioether (sulfide) groups is 1. The molecule has 14 nitrogen and oxygen atoms in total. The summed E-state index contributed by atoms with van der Waals surface area (Å²) in [6, 6.07) is 7.69. The summed E-state index contributed by atoms with van der Waals surface area (Å²) < 4.78 is 0.515. The number of hydrogen-bond donors (Lipinski definition) is 5. The van der Waals surface area contributed by atoms with Crippen molar-refractivity contribution in [1.29, 1.82) is 0 Å². The number of benzene rings is 2. The fourth-order valence-corrected chi connectivity index (χ4v) is 8.89. The molecule has 4 heterocycles. The summed E-state index contributed by atoms with van der Waals surface area (Å²) >= 11 is 15.0. The van der Waals surface area contributed by atoms with Crippen molar-refractivity contribution in [3.05, 3.63) is 85.0 Å². The number of phenolic OH excluding ortho intramolecular Hbond substituents is 2. The van der Waals surface area contributed by atoms with Crippen LogP contribution in [-0.4, -0.2) is 87.9 Å². The van der Waals surface area contributed by atoms with E-state index in [9.17, 15) is 39.6 Å².